The Balaban J connectivity index is -0.0000000117. The Morgan fingerprint density at radius 1 is 0.524 bits per heavy atom. The van der Waals surface area contributed by atoms with Crippen LogP contribution in [-0.4, -0.2) is 5.48 Å². The normalized spacial score (nSPS) is 5.71. The van der Waals surface area contributed by atoms with Crippen molar-refractivity contribution in [3.63, 3.8) is 0 Å². The Morgan fingerprint density at radius 3 is 0.524 bits per heavy atom. The van der Waals surface area contributed by atoms with Crippen molar-refractivity contribution in [2.45, 2.75) is 83.1 Å². The second kappa shape index (κ2) is 101. The third-order valence-electron chi connectivity index (χ3n) is 0. The Morgan fingerprint density at radius 2 is 0.524 bits per heavy atom. The molecule has 0 saturated heterocycles. The summed E-state index contributed by atoms with van der Waals surface area (Å²) in [6, 6.07) is 0. The molecule has 0 aliphatic rings. The van der Waals surface area contributed by atoms with E-state index in [4.69, 9.17) is 0 Å². The summed E-state index contributed by atoms with van der Waals surface area (Å²) < 4.78 is 0. The molecule has 2 radical (unpaired) electrons. The Bertz CT molecular complexity index is 45.7. The molecule has 0 aromatic rings. The Hall–Kier alpha value is 1.39. The molecule has 130 valence electrons. The van der Waals surface area contributed by atoms with E-state index in [1.807, 2.05) is 40.5 Å². The summed E-state index contributed by atoms with van der Waals surface area (Å²) in [7, 11) is 0. The largest absolute Gasteiger partial charge is 3.00 e. The van der Waals surface area contributed by atoms with Crippen molar-refractivity contribution < 1.29 is 48.9 Å². The topological polar surface area (TPSA) is 31.5 Å². The van der Waals surface area contributed by atoms with Gasteiger partial charge in [0.2, 0.25) is 0 Å². The molecule has 0 bridgehead atoms. The monoisotopic (exact) mass is 372 g/mol. The maximum Gasteiger partial charge on any atom is 3.00 e. The van der Waals surface area contributed by atoms with E-state index < -0.39 is 0 Å². The van der Waals surface area contributed by atoms with Crippen molar-refractivity contribution >= 4 is 0 Å². The smallest absolute Gasteiger partial charge is 0.412 e. The molecule has 0 aromatic heterocycles. The molecule has 21 heavy (non-hydrogen) atoms. The number of hydrogen-bond acceptors (Lipinski definition) is 0. The average molecular weight is 372 g/mol. The van der Waals surface area contributed by atoms with E-state index in [9.17, 15) is 0 Å². The first-order valence-electron chi connectivity index (χ1n) is 6.72. The minimum atomic E-state index is 0. The van der Waals surface area contributed by atoms with Gasteiger partial charge in [-0.2, -0.15) is 83.1 Å². The summed E-state index contributed by atoms with van der Waals surface area (Å²) in [5.74, 6) is 2.83. The molecule has 0 spiro atoms. The molecule has 0 aromatic carbocycles. The van der Waals surface area contributed by atoms with Crippen molar-refractivity contribution in [3.05, 3.63) is 38.5 Å². The molecular weight excluding hydrogens is 328 g/mol. The molecule has 0 amide bonds. The zero-order valence-electron chi connectivity index (χ0n) is 17.1. The van der Waals surface area contributed by atoms with Crippen LogP contribution in [-0.2, 0) is 43.4 Å². The molecule has 0 rings (SSSR count). The van der Waals surface area contributed by atoms with Gasteiger partial charge in [-0.1, -0.05) is 0 Å². The first kappa shape index (κ1) is 57.1. The Kier molecular flexibility index (Phi) is 274. The van der Waals surface area contributed by atoms with Crippen LogP contribution in [0.25, 0.3) is 0 Å². The molecule has 0 aliphatic heterocycles. The van der Waals surface area contributed by atoms with Crippen LogP contribution < -0.4 is 0 Å². The van der Waals surface area contributed by atoms with Crippen LogP contribution in [0, 0.1) is 38.5 Å². The first-order valence-corrected chi connectivity index (χ1v) is 6.72. The minimum Gasteiger partial charge on any atom is -0.412 e. The predicted octanol–water partition coefficient (Wildman–Crippen LogP) is 6.55. The zero-order valence-corrected chi connectivity index (χ0v) is 20.2. The van der Waals surface area contributed by atoms with Crippen LogP contribution in [0.3, 0.4) is 0 Å². The van der Waals surface area contributed by atoms with Crippen LogP contribution >= 0.6 is 0 Å². The standard InChI is InChI=1S/2C4H9.2C3H7.2C2H5.H2O.2Ti/c2*1-4(2)3;2*1-3-2;2*1-2;;;/h2*1-3H3;2*3H,1-2H3;2*1H2,2H3;1H2;;/q6*-1;;2*+3. The minimum absolute atomic E-state index is 0. The van der Waals surface area contributed by atoms with Crippen molar-refractivity contribution in [1.29, 1.82) is 0 Å². The van der Waals surface area contributed by atoms with Gasteiger partial charge in [-0.05, 0) is 0 Å². The number of hydrogen-bond donors (Lipinski definition) is 0. The second-order valence-electron chi connectivity index (χ2n) is 4.15. The van der Waals surface area contributed by atoms with Crippen molar-refractivity contribution in [2.75, 3.05) is 0 Å². The molecule has 0 aliphatic carbocycles. The van der Waals surface area contributed by atoms with E-state index in [2.05, 4.69) is 55.4 Å². The maximum atomic E-state index is 3.25. The van der Waals surface area contributed by atoms with Crippen LogP contribution in [0.5, 0.6) is 0 Å². The van der Waals surface area contributed by atoms with E-state index in [0.717, 1.165) is 0 Å². The van der Waals surface area contributed by atoms with E-state index in [1.165, 1.54) is 11.8 Å². The van der Waals surface area contributed by atoms with Gasteiger partial charge < -0.3 is 44.0 Å². The molecule has 2 N–H and O–H groups in total. The van der Waals surface area contributed by atoms with E-state index in [-0.39, 0.29) is 48.9 Å². The van der Waals surface area contributed by atoms with Gasteiger partial charge in [-0.25, -0.2) is 0 Å². The van der Waals surface area contributed by atoms with Gasteiger partial charge in [0.25, 0.3) is 0 Å². The second-order valence-corrected chi connectivity index (χ2v) is 4.15. The summed E-state index contributed by atoms with van der Waals surface area (Å²) >= 11 is 0. The third-order valence-corrected chi connectivity index (χ3v) is 0. The van der Waals surface area contributed by atoms with Gasteiger partial charge in [-0.3, -0.25) is 0 Å². The van der Waals surface area contributed by atoms with Crippen LogP contribution in [0.1, 0.15) is 83.1 Å². The molecule has 0 unspecified atom stereocenters. The summed E-state index contributed by atoms with van der Waals surface area (Å²) in [6.07, 6.45) is 4.00. The maximum absolute atomic E-state index is 3.25. The summed E-state index contributed by atoms with van der Waals surface area (Å²) in [4.78, 5) is 0. The third kappa shape index (κ3) is 4170. The van der Waals surface area contributed by atoms with Crippen LogP contribution in [0.2, 0.25) is 0 Å². The first-order chi connectivity index (χ1) is 8.29. The van der Waals surface area contributed by atoms with Gasteiger partial charge in [0.05, 0.1) is 0 Å². The van der Waals surface area contributed by atoms with Crippen molar-refractivity contribution in [1.82, 2.24) is 0 Å². The van der Waals surface area contributed by atoms with Gasteiger partial charge in [-0.15, -0.1) is 0 Å². The zero-order chi connectivity index (χ0) is 16.6. The van der Waals surface area contributed by atoms with Crippen molar-refractivity contribution in [2.24, 2.45) is 0 Å². The van der Waals surface area contributed by atoms with E-state index in [1.54, 1.807) is 13.8 Å². The quantitative estimate of drug-likeness (QED) is 0.341. The summed E-state index contributed by atoms with van der Waals surface area (Å²) in [5.41, 5.74) is 0. The van der Waals surface area contributed by atoms with Crippen molar-refractivity contribution in [3.8, 4) is 0 Å². The van der Waals surface area contributed by atoms with Gasteiger partial charge >= 0.3 is 43.4 Å². The molecular formula is C18H44OTi2. The molecule has 0 heterocycles. The molecule has 0 saturated carbocycles. The molecule has 0 fully saturated rings. The Labute approximate surface area is 169 Å². The molecule has 3 heteroatoms. The fraction of sp³-hybridized carbons (Fsp3) is 0.667. The van der Waals surface area contributed by atoms with Crippen LogP contribution in [0.4, 0.5) is 0 Å². The van der Waals surface area contributed by atoms with E-state index >= 15 is 0 Å². The van der Waals surface area contributed by atoms with Crippen LogP contribution in [0.15, 0.2) is 0 Å². The molecule has 0 atom stereocenters. The summed E-state index contributed by atoms with van der Waals surface area (Å²) in [5, 5.41) is 0. The van der Waals surface area contributed by atoms with Gasteiger partial charge in [0.15, 0.2) is 0 Å². The number of rotatable bonds is 0. The average Bonchev–Trinajstić information content (AvgIpc) is 2.23. The van der Waals surface area contributed by atoms with Gasteiger partial charge in [0, 0.05) is 0 Å². The fourth-order valence-corrected chi connectivity index (χ4v) is 0. The SMILES string of the molecule is C[C-](C)C.C[C-](C)C.C[CH-]C.C[CH-]C.O.[CH2-]C.[CH2-]C.[Ti+3].[Ti+3]. The summed E-state index contributed by atoms with van der Waals surface area (Å²) in [6.45, 7) is 30.5. The molecule has 1 nitrogen and oxygen atoms in total. The van der Waals surface area contributed by atoms with E-state index in [0.29, 0.717) is 0 Å². The van der Waals surface area contributed by atoms with Gasteiger partial charge in [0.1, 0.15) is 0 Å². The fourth-order valence-electron chi connectivity index (χ4n) is 0. The predicted molar refractivity (Wildman–Crippen MR) is 97.5 cm³/mol.